The average molecular weight is 422 g/mol. The maximum absolute atomic E-state index is 12.2. The fraction of sp³-hybridized carbons (Fsp3) is 0.700. The molecule has 2 saturated heterocycles. The third-order valence-electron chi connectivity index (χ3n) is 4.99. The van der Waals surface area contributed by atoms with Crippen molar-refractivity contribution in [2.75, 3.05) is 31.6 Å². The Labute approximate surface area is 176 Å². The summed E-state index contributed by atoms with van der Waals surface area (Å²) in [5, 5.41) is 14.6. The van der Waals surface area contributed by atoms with Crippen molar-refractivity contribution in [1.82, 2.24) is 9.88 Å². The molecule has 0 aliphatic carbocycles. The van der Waals surface area contributed by atoms with Gasteiger partial charge >= 0.3 is 11.9 Å². The third-order valence-corrected chi connectivity index (χ3v) is 4.99. The van der Waals surface area contributed by atoms with E-state index in [4.69, 9.17) is 14.2 Å². The first-order valence-electron chi connectivity index (χ1n) is 10.3. The van der Waals surface area contributed by atoms with Crippen LogP contribution in [0.3, 0.4) is 0 Å². The number of amides is 1. The van der Waals surface area contributed by atoms with E-state index in [9.17, 15) is 14.9 Å². The van der Waals surface area contributed by atoms with Crippen LogP contribution in [0, 0.1) is 10.1 Å². The Hall–Kier alpha value is -2.62. The summed E-state index contributed by atoms with van der Waals surface area (Å²) in [6.45, 7) is 7.83. The molecular formula is C20H30N4O6. The number of ether oxygens (including phenoxy) is 3. The highest BCUT2D eigenvalue weighted by Gasteiger charge is 2.28. The van der Waals surface area contributed by atoms with Crippen LogP contribution >= 0.6 is 0 Å². The Bertz CT molecular complexity index is 752. The lowest BCUT2D eigenvalue weighted by molar-refractivity contribution is -0.388. The van der Waals surface area contributed by atoms with E-state index in [-0.39, 0.29) is 24.1 Å². The minimum absolute atomic E-state index is 0.0116. The first-order valence-corrected chi connectivity index (χ1v) is 10.3. The van der Waals surface area contributed by atoms with Crippen LogP contribution < -0.4 is 10.1 Å². The van der Waals surface area contributed by atoms with E-state index in [1.165, 1.54) is 6.20 Å². The number of anilines is 1. The normalized spacial score (nSPS) is 18.7. The Morgan fingerprint density at radius 2 is 1.93 bits per heavy atom. The van der Waals surface area contributed by atoms with Crippen LogP contribution in [0.4, 0.5) is 16.3 Å². The Morgan fingerprint density at radius 3 is 2.53 bits per heavy atom. The Balaban J connectivity index is 1.61. The minimum Gasteiger partial charge on any atom is -0.486 e. The summed E-state index contributed by atoms with van der Waals surface area (Å²) in [6.07, 6.45) is 3.95. The van der Waals surface area contributed by atoms with E-state index >= 15 is 0 Å². The van der Waals surface area contributed by atoms with E-state index in [1.807, 2.05) is 20.8 Å². The van der Waals surface area contributed by atoms with Gasteiger partial charge in [-0.15, -0.1) is 0 Å². The molecule has 3 rings (SSSR count). The molecule has 1 aromatic heterocycles. The van der Waals surface area contributed by atoms with Crippen molar-refractivity contribution in [3.05, 3.63) is 22.4 Å². The fourth-order valence-corrected chi connectivity index (χ4v) is 3.49. The summed E-state index contributed by atoms with van der Waals surface area (Å²) in [5.41, 5.74) is -0.205. The van der Waals surface area contributed by atoms with Crippen LogP contribution in [0.25, 0.3) is 0 Å². The number of pyridine rings is 1. The average Bonchev–Trinajstić information content (AvgIpc) is 2.68. The molecule has 1 aromatic rings. The van der Waals surface area contributed by atoms with Gasteiger partial charge in [-0.2, -0.15) is 0 Å². The number of aromatic nitrogens is 1. The van der Waals surface area contributed by atoms with Gasteiger partial charge in [-0.25, -0.2) is 4.79 Å². The summed E-state index contributed by atoms with van der Waals surface area (Å²) >= 11 is 0. The van der Waals surface area contributed by atoms with Gasteiger partial charge in [0.05, 0.1) is 13.2 Å². The van der Waals surface area contributed by atoms with Crippen molar-refractivity contribution in [3.8, 4) is 5.75 Å². The second-order valence-electron chi connectivity index (χ2n) is 8.61. The number of hydrogen-bond donors (Lipinski definition) is 1. The number of nitrogens with zero attached hydrogens (tertiary/aromatic N) is 3. The second kappa shape index (κ2) is 9.46. The molecule has 0 unspecified atom stereocenters. The van der Waals surface area contributed by atoms with Gasteiger partial charge in [-0.05, 0) is 43.5 Å². The van der Waals surface area contributed by atoms with Crippen molar-refractivity contribution in [1.29, 1.82) is 0 Å². The van der Waals surface area contributed by atoms with Crippen LogP contribution in [0.1, 0.15) is 46.5 Å². The van der Waals surface area contributed by atoms with Gasteiger partial charge in [0.25, 0.3) is 0 Å². The lowest BCUT2D eigenvalue weighted by Gasteiger charge is -2.34. The van der Waals surface area contributed by atoms with Crippen LogP contribution in [0.2, 0.25) is 0 Å². The molecule has 3 heterocycles. The van der Waals surface area contributed by atoms with Gasteiger partial charge in [-0.3, -0.25) is 0 Å². The number of piperidine rings is 1. The fourth-order valence-electron chi connectivity index (χ4n) is 3.49. The highest BCUT2D eigenvalue weighted by atomic mass is 16.6. The highest BCUT2D eigenvalue weighted by molar-refractivity contribution is 5.68. The molecule has 10 nitrogen and oxygen atoms in total. The Morgan fingerprint density at radius 1 is 1.27 bits per heavy atom. The predicted molar refractivity (Wildman–Crippen MR) is 110 cm³/mol. The zero-order valence-electron chi connectivity index (χ0n) is 17.8. The van der Waals surface area contributed by atoms with Gasteiger partial charge in [0.1, 0.15) is 17.4 Å². The summed E-state index contributed by atoms with van der Waals surface area (Å²) < 4.78 is 16.7. The molecule has 0 saturated carbocycles. The number of likely N-dealkylation sites (tertiary alicyclic amines) is 1. The lowest BCUT2D eigenvalue weighted by atomic mass is 10.0. The molecule has 2 fully saturated rings. The Kier molecular flexibility index (Phi) is 6.96. The molecule has 0 spiro atoms. The molecule has 30 heavy (non-hydrogen) atoms. The number of nitro groups is 1. The van der Waals surface area contributed by atoms with E-state index in [0.29, 0.717) is 50.6 Å². The SMILES string of the molecule is CC(C)(C)OC(=O)N1CCC(Nc2cc(OC3CCOCC3)cnc2[N+](=O)[O-])CC1. The molecule has 0 atom stereocenters. The van der Waals surface area contributed by atoms with Crippen molar-refractivity contribution >= 4 is 17.6 Å². The topological polar surface area (TPSA) is 116 Å². The molecule has 0 radical (unpaired) electrons. The minimum atomic E-state index is -0.538. The smallest absolute Gasteiger partial charge is 0.410 e. The largest absolute Gasteiger partial charge is 0.486 e. The predicted octanol–water partition coefficient (Wildman–Crippen LogP) is 3.36. The second-order valence-corrected chi connectivity index (χ2v) is 8.61. The zero-order chi connectivity index (χ0) is 21.7. The molecule has 0 aromatic carbocycles. The third kappa shape index (κ3) is 6.19. The number of rotatable bonds is 5. The van der Waals surface area contributed by atoms with E-state index in [2.05, 4.69) is 10.3 Å². The molecular weight excluding hydrogens is 392 g/mol. The van der Waals surface area contributed by atoms with Gasteiger partial charge in [0.2, 0.25) is 0 Å². The molecule has 2 aliphatic heterocycles. The summed E-state index contributed by atoms with van der Waals surface area (Å²) in [7, 11) is 0. The van der Waals surface area contributed by atoms with Gasteiger partial charge in [0.15, 0.2) is 11.9 Å². The van der Waals surface area contributed by atoms with Crippen LogP contribution in [0.5, 0.6) is 5.75 Å². The first kappa shape index (κ1) is 22.1. The quantitative estimate of drug-likeness (QED) is 0.567. The van der Waals surface area contributed by atoms with Crippen molar-refractivity contribution in [2.45, 2.75) is 64.2 Å². The molecule has 1 amide bonds. The van der Waals surface area contributed by atoms with E-state index in [0.717, 1.165) is 12.8 Å². The van der Waals surface area contributed by atoms with Crippen LogP contribution in [0.15, 0.2) is 12.3 Å². The first-order chi connectivity index (χ1) is 14.2. The number of hydrogen-bond acceptors (Lipinski definition) is 8. The molecule has 10 heteroatoms. The maximum Gasteiger partial charge on any atom is 0.410 e. The number of carbonyl (C=O) groups excluding carboxylic acids is 1. The van der Waals surface area contributed by atoms with E-state index in [1.54, 1.807) is 11.0 Å². The maximum atomic E-state index is 12.2. The van der Waals surface area contributed by atoms with E-state index < -0.39 is 10.5 Å². The standard InChI is InChI=1S/C20H30N4O6/c1-20(2,3)30-19(25)23-8-4-14(5-9-23)22-17-12-16(13-21-18(17)24(26)27)29-15-6-10-28-11-7-15/h12-15,22H,4-11H2,1-3H3. The number of carbonyl (C=O) groups is 1. The van der Waals surface area contributed by atoms with Gasteiger partial charge in [0, 0.05) is 38.0 Å². The summed E-state index contributed by atoms with van der Waals surface area (Å²) in [5.74, 6) is 0.269. The number of nitrogens with one attached hydrogen (secondary N) is 1. The van der Waals surface area contributed by atoms with Crippen LogP contribution in [-0.4, -0.2) is 65.0 Å². The van der Waals surface area contributed by atoms with Crippen molar-refractivity contribution < 1.29 is 23.9 Å². The highest BCUT2D eigenvalue weighted by Crippen LogP contribution is 2.30. The zero-order valence-corrected chi connectivity index (χ0v) is 17.8. The summed E-state index contributed by atoms with van der Waals surface area (Å²) in [4.78, 5) is 28.8. The molecule has 166 valence electrons. The van der Waals surface area contributed by atoms with Crippen LogP contribution in [-0.2, 0) is 9.47 Å². The summed E-state index contributed by atoms with van der Waals surface area (Å²) in [6, 6.07) is 1.63. The van der Waals surface area contributed by atoms with Crippen molar-refractivity contribution in [2.24, 2.45) is 0 Å². The van der Waals surface area contributed by atoms with Gasteiger partial charge in [-0.1, -0.05) is 0 Å². The monoisotopic (exact) mass is 422 g/mol. The molecule has 2 aliphatic rings. The van der Waals surface area contributed by atoms with Gasteiger partial charge < -0.3 is 34.5 Å². The molecule has 0 bridgehead atoms. The van der Waals surface area contributed by atoms with Crippen molar-refractivity contribution in [3.63, 3.8) is 0 Å². The lowest BCUT2D eigenvalue weighted by Crippen LogP contribution is -2.44. The molecule has 1 N–H and O–H groups in total.